The van der Waals surface area contributed by atoms with Crippen molar-refractivity contribution in [1.82, 2.24) is 20.4 Å². The Kier molecular flexibility index (Phi) is 3.97. The fraction of sp³-hybridized carbons (Fsp3) is 0.467. The minimum Gasteiger partial charge on any atom is -0.338 e. The van der Waals surface area contributed by atoms with E-state index in [0.717, 1.165) is 25.2 Å². The fourth-order valence-corrected chi connectivity index (χ4v) is 2.73. The summed E-state index contributed by atoms with van der Waals surface area (Å²) in [5.74, 6) is 1.22. The zero-order chi connectivity index (χ0) is 14.9. The molecule has 2 aromatic rings. The van der Waals surface area contributed by atoms with Gasteiger partial charge in [-0.05, 0) is 26.0 Å². The van der Waals surface area contributed by atoms with Gasteiger partial charge in [-0.3, -0.25) is 4.90 Å². The monoisotopic (exact) mass is 306 g/mol. The van der Waals surface area contributed by atoms with E-state index in [4.69, 9.17) is 16.1 Å². The number of hydrogen-bond acceptors (Lipinski definition) is 5. The summed E-state index contributed by atoms with van der Waals surface area (Å²) < 4.78 is 5.39. The highest BCUT2D eigenvalue weighted by atomic mass is 35.5. The van der Waals surface area contributed by atoms with E-state index in [1.54, 1.807) is 0 Å². The Morgan fingerprint density at radius 2 is 2.29 bits per heavy atom. The maximum Gasteiger partial charge on any atom is 0.241 e. The zero-order valence-corrected chi connectivity index (χ0v) is 13.0. The second-order valence-corrected chi connectivity index (χ2v) is 6.37. The number of nitrogens with zero attached hydrogens (tertiary/aromatic N) is 3. The first-order chi connectivity index (χ1) is 10.0. The highest BCUT2D eigenvalue weighted by Gasteiger charge is 2.30. The van der Waals surface area contributed by atoms with Crippen molar-refractivity contribution in [1.29, 1.82) is 0 Å². The van der Waals surface area contributed by atoms with E-state index in [-0.39, 0.29) is 5.54 Å². The summed E-state index contributed by atoms with van der Waals surface area (Å²) in [5.41, 5.74) is 0.959. The van der Waals surface area contributed by atoms with Crippen molar-refractivity contribution in [2.75, 3.05) is 19.6 Å². The van der Waals surface area contributed by atoms with Crippen LogP contribution < -0.4 is 5.32 Å². The first-order valence-corrected chi connectivity index (χ1v) is 7.47. The standard InChI is InChI=1S/C15H19ClN4O/c1-15(2)10-17-6-7-20(15)9-13-18-14(19-21-13)11-4-3-5-12(16)8-11/h3-5,8,17H,6-7,9-10H2,1-2H3. The average molecular weight is 307 g/mol. The van der Waals surface area contributed by atoms with Gasteiger partial charge in [0.05, 0.1) is 6.54 Å². The molecule has 0 atom stereocenters. The lowest BCUT2D eigenvalue weighted by molar-refractivity contribution is 0.0711. The van der Waals surface area contributed by atoms with Gasteiger partial charge in [0.25, 0.3) is 0 Å². The average Bonchev–Trinajstić information content (AvgIpc) is 2.90. The van der Waals surface area contributed by atoms with Gasteiger partial charge in [0.15, 0.2) is 0 Å². The summed E-state index contributed by atoms with van der Waals surface area (Å²) in [6, 6.07) is 7.47. The minimum atomic E-state index is 0.0862. The molecular formula is C15H19ClN4O. The fourth-order valence-electron chi connectivity index (χ4n) is 2.54. The molecule has 1 aliphatic heterocycles. The largest absolute Gasteiger partial charge is 0.338 e. The van der Waals surface area contributed by atoms with Crippen molar-refractivity contribution < 1.29 is 4.52 Å². The van der Waals surface area contributed by atoms with E-state index < -0.39 is 0 Å². The highest BCUT2D eigenvalue weighted by Crippen LogP contribution is 2.22. The molecule has 2 heterocycles. The lowest BCUT2D eigenvalue weighted by Crippen LogP contribution is -2.57. The summed E-state index contributed by atoms with van der Waals surface area (Å²) in [4.78, 5) is 6.84. The predicted molar refractivity (Wildman–Crippen MR) is 82.1 cm³/mol. The number of benzene rings is 1. The number of nitrogens with one attached hydrogen (secondary N) is 1. The van der Waals surface area contributed by atoms with Gasteiger partial charge >= 0.3 is 0 Å². The second kappa shape index (κ2) is 5.75. The van der Waals surface area contributed by atoms with E-state index >= 15 is 0 Å². The van der Waals surface area contributed by atoms with Crippen LogP contribution in [0.4, 0.5) is 0 Å². The molecule has 1 fully saturated rings. The van der Waals surface area contributed by atoms with Gasteiger partial charge in [-0.2, -0.15) is 4.98 Å². The molecule has 0 radical (unpaired) electrons. The molecule has 0 bridgehead atoms. The summed E-state index contributed by atoms with van der Waals surface area (Å²) in [6.07, 6.45) is 0. The summed E-state index contributed by atoms with van der Waals surface area (Å²) in [7, 11) is 0. The molecule has 3 rings (SSSR count). The highest BCUT2D eigenvalue weighted by molar-refractivity contribution is 6.30. The topological polar surface area (TPSA) is 54.2 Å². The third-order valence-electron chi connectivity index (χ3n) is 3.85. The molecule has 6 heteroatoms. The minimum absolute atomic E-state index is 0.0862. The summed E-state index contributed by atoms with van der Waals surface area (Å²) in [6.45, 7) is 8.02. The Morgan fingerprint density at radius 3 is 3.05 bits per heavy atom. The maximum atomic E-state index is 5.99. The Hall–Kier alpha value is -1.43. The Labute approximate surface area is 129 Å². The number of piperazine rings is 1. The molecule has 1 aliphatic rings. The first-order valence-electron chi connectivity index (χ1n) is 7.09. The van der Waals surface area contributed by atoms with Crippen molar-refractivity contribution in [3.63, 3.8) is 0 Å². The lowest BCUT2D eigenvalue weighted by Gasteiger charge is -2.41. The van der Waals surface area contributed by atoms with Gasteiger partial charge in [-0.15, -0.1) is 0 Å². The van der Waals surface area contributed by atoms with Crippen LogP contribution in [0.15, 0.2) is 28.8 Å². The predicted octanol–water partition coefficient (Wildman–Crippen LogP) is 2.57. The van der Waals surface area contributed by atoms with Gasteiger partial charge in [0.1, 0.15) is 0 Å². The number of hydrogen-bond donors (Lipinski definition) is 1. The van der Waals surface area contributed by atoms with Gasteiger partial charge in [-0.1, -0.05) is 28.9 Å². The molecule has 21 heavy (non-hydrogen) atoms. The van der Waals surface area contributed by atoms with Crippen molar-refractivity contribution in [3.8, 4) is 11.4 Å². The van der Waals surface area contributed by atoms with Gasteiger partial charge in [-0.25, -0.2) is 0 Å². The van der Waals surface area contributed by atoms with Gasteiger partial charge < -0.3 is 9.84 Å². The molecule has 0 aliphatic carbocycles. The smallest absolute Gasteiger partial charge is 0.241 e. The van der Waals surface area contributed by atoms with Crippen LogP contribution in [0.2, 0.25) is 5.02 Å². The van der Waals surface area contributed by atoms with Crippen LogP contribution in [0.5, 0.6) is 0 Å². The van der Waals surface area contributed by atoms with E-state index in [1.165, 1.54) is 0 Å². The van der Waals surface area contributed by atoms with Crippen LogP contribution in [0.25, 0.3) is 11.4 Å². The first kappa shape index (κ1) is 14.5. The van der Waals surface area contributed by atoms with E-state index in [2.05, 4.69) is 34.2 Å². The van der Waals surface area contributed by atoms with Gasteiger partial charge in [0, 0.05) is 35.8 Å². The molecule has 0 saturated carbocycles. The number of aromatic nitrogens is 2. The number of rotatable bonds is 3. The Bertz CT molecular complexity index is 626. The van der Waals surface area contributed by atoms with Crippen LogP contribution in [-0.4, -0.2) is 40.2 Å². The van der Waals surface area contributed by atoms with Crippen LogP contribution in [-0.2, 0) is 6.54 Å². The summed E-state index contributed by atoms with van der Waals surface area (Å²) >= 11 is 5.99. The third-order valence-corrected chi connectivity index (χ3v) is 4.08. The summed E-state index contributed by atoms with van der Waals surface area (Å²) in [5, 5.41) is 8.13. The molecule has 1 saturated heterocycles. The molecule has 1 aromatic carbocycles. The Balaban J connectivity index is 1.76. The van der Waals surface area contributed by atoms with Crippen molar-refractivity contribution in [2.45, 2.75) is 25.9 Å². The molecule has 0 unspecified atom stereocenters. The third kappa shape index (κ3) is 3.26. The van der Waals surface area contributed by atoms with Crippen LogP contribution in [0.1, 0.15) is 19.7 Å². The molecule has 0 spiro atoms. The number of halogens is 1. The second-order valence-electron chi connectivity index (χ2n) is 5.93. The molecule has 5 nitrogen and oxygen atoms in total. The molecular weight excluding hydrogens is 288 g/mol. The maximum absolute atomic E-state index is 5.99. The Morgan fingerprint density at radius 1 is 1.43 bits per heavy atom. The van der Waals surface area contributed by atoms with Crippen molar-refractivity contribution in [3.05, 3.63) is 35.2 Å². The normalized spacial score (nSPS) is 18.8. The van der Waals surface area contributed by atoms with Crippen LogP contribution in [0.3, 0.4) is 0 Å². The molecule has 1 N–H and O–H groups in total. The van der Waals surface area contributed by atoms with Gasteiger partial charge in [0.2, 0.25) is 11.7 Å². The SMILES string of the molecule is CC1(C)CNCCN1Cc1nc(-c2cccc(Cl)c2)no1. The molecule has 1 aromatic heterocycles. The van der Waals surface area contributed by atoms with Crippen molar-refractivity contribution in [2.24, 2.45) is 0 Å². The quantitative estimate of drug-likeness (QED) is 0.944. The molecule has 0 amide bonds. The lowest BCUT2D eigenvalue weighted by atomic mass is 10.0. The zero-order valence-electron chi connectivity index (χ0n) is 12.3. The van der Waals surface area contributed by atoms with Crippen molar-refractivity contribution >= 4 is 11.6 Å². The van der Waals surface area contributed by atoms with E-state index in [0.29, 0.717) is 23.3 Å². The molecule has 112 valence electrons. The van der Waals surface area contributed by atoms with Crippen LogP contribution in [0, 0.1) is 0 Å². The van der Waals surface area contributed by atoms with Crippen LogP contribution >= 0.6 is 11.6 Å². The van der Waals surface area contributed by atoms with E-state index in [1.807, 2.05) is 24.3 Å². The van der Waals surface area contributed by atoms with E-state index in [9.17, 15) is 0 Å².